The molecule has 0 saturated carbocycles. The predicted octanol–water partition coefficient (Wildman–Crippen LogP) is 24.7. The van der Waals surface area contributed by atoms with Crippen LogP contribution < -0.4 is 0 Å². The first-order valence-corrected chi connectivity index (χ1v) is 45.6. The molecule has 0 amide bonds. The van der Waals surface area contributed by atoms with Crippen molar-refractivity contribution in [3.63, 3.8) is 0 Å². The lowest BCUT2D eigenvalue weighted by Crippen LogP contribution is -2.30. The Morgan fingerprint density at radius 2 is 0.475 bits per heavy atom. The molecule has 0 aliphatic heterocycles. The minimum Gasteiger partial charge on any atom is -0.462 e. The second-order valence-corrected chi connectivity index (χ2v) is 32.9. The van der Waals surface area contributed by atoms with Crippen LogP contribution in [0, 0.1) is 11.8 Å². The van der Waals surface area contributed by atoms with Gasteiger partial charge in [-0.05, 0) is 37.5 Å². The number of carbonyl (C=O) groups excluding carboxylic acids is 4. The monoisotopic (exact) mass is 1480 g/mol. The standard InChI is InChI=1S/C82H160O17P2/c1-7-11-13-15-17-19-21-23-25-26-27-28-29-30-31-33-35-41-49-55-61-67-82(87)98-77(70-92-79(84)64-58-52-46-39-37-36-38-44-50-56-62-74(5)9-3)72-96-100(88,89)94-68-76(83)69-95-101(90,91)97-73-78(71-93-80(85)65-59-53-47-43-42-45-51-57-63-75(6)10-4)99-81(86)66-60-54-48-40-34-32-24-22-20-18-16-14-12-8-2/h74-78,83H,7-73H2,1-6H3,(H,88,89)(H,90,91)/t74?,75?,76-,77-,78-/m1/s1. The molecule has 0 aromatic rings. The van der Waals surface area contributed by atoms with Gasteiger partial charge in [0.2, 0.25) is 0 Å². The van der Waals surface area contributed by atoms with E-state index in [1.165, 1.54) is 250 Å². The Morgan fingerprint density at radius 3 is 0.703 bits per heavy atom. The molecule has 7 atom stereocenters. The summed E-state index contributed by atoms with van der Waals surface area (Å²) in [5.41, 5.74) is 0. The number of rotatable bonds is 81. The van der Waals surface area contributed by atoms with E-state index in [-0.39, 0.29) is 25.7 Å². The summed E-state index contributed by atoms with van der Waals surface area (Å²) in [6, 6.07) is 0. The van der Waals surface area contributed by atoms with Gasteiger partial charge in [-0.25, -0.2) is 9.13 Å². The fourth-order valence-electron chi connectivity index (χ4n) is 12.6. The minimum atomic E-state index is -4.96. The maximum Gasteiger partial charge on any atom is 0.472 e. The highest BCUT2D eigenvalue weighted by Gasteiger charge is 2.30. The molecule has 4 unspecified atom stereocenters. The third kappa shape index (κ3) is 73.4. The van der Waals surface area contributed by atoms with Crippen LogP contribution in [0.4, 0.5) is 0 Å². The number of aliphatic hydroxyl groups excluding tert-OH is 1. The van der Waals surface area contributed by atoms with Crippen molar-refractivity contribution in [3.8, 4) is 0 Å². The van der Waals surface area contributed by atoms with E-state index in [0.29, 0.717) is 25.7 Å². The predicted molar refractivity (Wildman–Crippen MR) is 414 cm³/mol. The number of ether oxygens (including phenoxy) is 4. The molecule has 0 saturated heterocycles. The summed E-state index contributed by atoms with van der Waals surface area (Å²) < 4.78 is 68.8. The number of aliphatic hydroxyl groups is 1. The Balaban J connectivity index is 5.24. The summed E-state index contributed by atoms with van der Waals surface area (Å²) in [5, 5.41) is 10.7. The zero-order valence-electron chi connectivity index (χ0n) is 66.2. The van der Waals surface area contributed by atoms with Gasteiger partial charge in [0.1, 0.15) is 19.3 Å². The fourth-order valence-corrected chi connectivity index (χ4v) is 14.2. The molecule has 0 radical (unpaired) electrons. The molecule has 0 aromatic heterocycles. The van der Waals surface area contributed by atoms with E-state index >= 15 is 0 Å². The molecule has 0 fully saturated rings. The van der Waals surface area contributed by atoms with E-state index in [0.717, 1.165) is 102 Å². The first-order valence-electron chi connectivity index (χ1n) is 42.6. The molecule has 0 heterocycles. The number of carbonyl (C=O) groups is 4. The van der Waals surface area contributed by atoms with E-state index in [1.54, 1.807) is 0 Å². The number of hydrogen-bond donors (Lipinski definition) is 3. The number of phosphoric ester groups is 2. The van der Waals surface area contributed by atoms with Crippen molar-refractivity contribution in [1.29, 1.82) is 0 Å². The largest absolute Gasteiger partial charge is 0.472 e. The van der Waals surface area contributed by atoms with Crippen molar-refractivity contribution >= 4 is 39.5 Å². The minimum absolute atomic E-state index is 0.108. The SMILES string of the molecule is CCCCCCCCCCCCCCCCCCCCCCCC(=O)O[C@H](COC(=O)CCCCCCCCCCCCC(C)CC)COP(=O)(O)OC[C@@H](O)COP(=O)(O)OC[C@@H](COC(=O)CCCCCCCCCCC(C)CC)OC(=O)CCCCCCCCCCCCCCCC. The summed E-state index contributed by atoms with van der Waals surface area (Å²) >= 11 is 0. The van der Waals surface area contributed by atoms with Gasteiger partial charge in [-0.15, -0.1) is 0 Å². The number of phosphoric acid groups is 2. The van der Waals surface area contributed by atoms with Gasteiger partial charge in [0, 0.05) is 25.7 Å². The average Bonchev–Trinajstić information content (AvgIpc) is 0.993. The molecule has 0 aliphatic carbocycles. The smallest absolute Gasteiger partial charge is 0.462 e. The van der Waals surface area contributed by atoms with Crippen LogP contribution in [0.5, 0.6) is 0 Å². The number of esters is 4. The van der Waals surface area contributed by atoms with Gasteiger partial charge in [-0.1, -0.05) is 382 Å². The van der Waals surface area contributed by atoms with Crippen LogP contribution in [0.2, 0.25) is 0 Å². The third-order valence-electron chi connectivity index (χ3n) is 19.9. The van der Waals surface area contributed by atoms with Crippen LogP contribution in [-0.2, 0) is 65.4 Å². The van der Waals surface area contributed by atoms with Crippen LogP contribution in [0.15, 0.2) is 0 Å². The van der Waals surface area contributed by atoms with Crippen LogP contribution in [-0.4, -0.2) is 96.7 Å². The van der Waals surface area contributed by atoms with Crippen molar-refractivity contribution in [2.75, 3.05) is 39.6 Å². The zero-order valence-corrected chi connectivity index (χ0v) is 68.0. The van der Waals surface area contributed by atoms with Crippen LogP contribution in [0.1, 0.15) is 433 Å². The van der Waals surface area contributed by atoms with E-state index in [1.807, 2.05) is 0 Å². The Morgan fingerprint density at radius 1 is 0.277 bits per heavy atom. The highest BCUT2D eigenvalue weighted by atomic mass is 31.2. The average molecular weight is 1480 g/mol. The first-order chi connectivity index (χ1) is 48.9. The lowest BCUT2D eigenvalue weighted by Gasteiger charge is -2.21. The molecular weight excluding hydrogens is 1320 g/mol. The maximum atomic E-state index is 13.1. The van der Waals surface area contributed by atoms with Crippen molar-refractivity contribution < 1.29 is 80.2 Å². The summed E-state index contributed by atoms with van der Waals surface area (Å²) in [7, 11) is -9.92. The van der Waals surface area contributed by atoms with Gasteiger partial charge in [0.15, 0.2) is 12.2 Å². The summed E-state index contributed by atoms with van der Waals surface area (Å²) in [4.78, 5) is 73.1. The number of hydrogen-bond acceptors (Lipinski definition) is 15. The lowest BCUT2D eigenvalue weighted by atomic mass is 9.99. The molecular formula is C82H160O17P2. The van der Waals surface area contributed by atoms with Gasteiger partial charge >= 0.3 is 39.5 Å². The summed E-state index contributed by atoms with van der Waals surface area (Å²) in [5.74, 6) is -0.520. The molecule has 0 aromatic carbocycles. The Kier molecular flexibility index (Phi) is 72.2. The third-order valence-corrected chi connectivity index (χ3v) is 21.8. The Bertz CT molecular complexity index is 1950. The van der Waals surface area contributed by atoms with Crippen molar-refractivity contribution in [2.24, 2.45) is 11.8 Å². The van der Waals surface area contributed by atoms with Gasteiger partial charge < -0.3 is 33.8 Å². The van der Waals surface area contributed by atoms with Gasteiger partial charge in [-0.3, -0.25) is 37.3 Å². The fraction of sp³-hybridized carbons (Fsp3) is 0.951. The second-order valence-electron chi connectivity index (χ2n) is 30.0. The van der Waals surface area contributed by atoms with E-state index in [9.17, 15) is 43.2 Å². The topological polar surface area (TPSA) is 237 Å². The molecule has 0 spiro atoms. The Labute approximate surface area is 619 Å². The zero-order chi connectivity index (χ0) is 74.2. The van der Waals surface area contributed by atoms with E-state index < -0.39 is 97.5 Å². The molecule has 101 heavy (non-hydrogen) atoms. The molecule has 3 N–H and O–H groups in total. The molecule has 0 aliphatic rings. The number of unbranched alkanes of at least 4 members (excludes halogenated alkanes) is 49. The first kappa shape index (κ1) is 99.1. The van der Waals surface area contributed by atoms with Gasteiger partial charge in [0.05, 0.1) is 26.4 Å². The van der Waals surface area contributed by atoms with Crippen LogP contribution in [0.25, 0.3) is 0 Å². The van der Waals surface area contributed by atoms with E-state index in [2.05, 4.69) is 41.5 Å². The molecule has 0 rings (SSSR count). The van der Waals surface area contributed by atoms with Crippen molar-refractivity contribution in [2.45, 2.75) is 452 Å². The highest BCUT2D eigenvalue weighted by molar-refractivity contribution is 7.47. The van der Waals surface area contributed by atoms with Crippen LogP contribution >= 0.6 is 15.6 Å². The summed E-state index contributed by atoms with van der Waals surface area (Å²) in [6.45, 7) is 9.67. The van der Waals surface area contributed by atoms with Crippen molar-refractivity contribution in [1.82, 2.24) is 0 Å². The Hall–Kier alpha value is -1.94. The molecule has 600 valence electrons. The molecule has 17 nitrogen and oxygen atoms in total. The maximum absolute atomic E-state index is 13.1. The lowest BCUT2D eigenvalue weighted by molar-refractivity contribution is -0.161. The van der Waals surface area contributed by atoms with Gasteiger partial charge in [0.25, 0.3) is 0 Å². The van der Waals surface area contributed by atoms with Crippen molar-refractivity contribution in [3.05, 3.63) is 0 Å². The van der Waals surface area contributed by atoms with Crippen LogP contribution in [0.3, 0.4) is 0 Å². The summed E-state index contributed by atoms with van der Waals surface area (Å²) in [6.07, 6.45) is 63.7. The normalized spacial score (nSPS) is 14.4. The highest BCUT2D eigenvalue weighted by Crippen LogP contribution is 2.45. The van der Waals surface area contributed by atoms with Gasteiger partial charge in [-0.2, -0.15) is 0 Å². The second kappa shape index (κ2) is 73.6. The quantitative estimate of drug-likeness (QED) is 0.0222. The molecule has 0 bridgehead atoms. The van der Waals surface area contributed by atoms with E-state index in [4.69, 9.17) is 37.0 Å². The molecule has 19 heteroatoms.